The molecule has 1 fully saturated rings. The lowest BCUT2D eigenvalue weighted by Gasteiger charge is -2.34. The van der Waals surface area contributed by atoms with Crippen LogP contribution >= 0.6 is 28.3 Å². The second-order valence-corrected chi connectivity index (χ2v) is 8.05. The zero-order valence-electron chi connectivity index (χ0n) is 11.7. The maximum Gasteiger partial charge on any atom is 0.241 e. The van der Waals surface area contributed by atoms with E-state index in [-0.39, 0.29) is 22.7 Å². The number of piperidine rings is 1. The van der Waals surface area contributed by atoms with Gasteiger partial charge in [0.05, 0.1) is 4.90 Å². The summed E-state index contributed by atoms with van der Waals surface area (Å²) >= 11 is 3.15. The summed E-state index contributed by atoms with van der Waals surface area (Å²) in [6.07, 6.45) is 1.83. The Hall–Kier alpha value is -0.210. The van der Waals surface area contributed by atoms with Crippen molar-refractivity contribution in [3.8, 4) is 0 Å². The number of sulfonamides is 1. The molecule has 1 aliphatic rings. The fourth-order valence-electron chi connectivity index (χ4n) is 2.24. The molecule has 0 aliphatic carbocycles. The molecular weight excluding hydrogens is 383 g/mol. The Morgan fingerprint density at radius 2 is 2.00 bits per heavy atom. The van der Waals surface area contributed by atoms with Crippen molar-refractivity contribution in [2.24, 2.45) is 5.41 Å². The lowest BCUT2D eigenvalue weighted by atomic mass is 9.81. The van der Waals surface area contributed by atoms with Crippen LogP contribution in [0, 0.1) is 11.2 Å². The summed E-state index contributed by atoms with van der Waals surface area (Å²) in [5.41, 5.74) is -0.0574. The van der Waals surface area contributed by atoms with Crippen LogP contribution in [0.3, 0.4) is 0 Å². The van der Waals surface area contributed by atoms with Crippen molar-refractivity contribution in [1.82, 2.24) is 10.0 Å². The maximum atomic E-state index is 13.2. The van der Waals surface area contributed by atoms with E-state index < -0.39 is 15.8 Å². The van der Waals surface area contributed by atoms with Crippen LogP contribution in [0.25, 0.3) is 0 Å². The van der Waals surface area contributed by atoms with Crippen molar-refractivity contribution in [1.29, 1.82) is 0 Å². The van der Waals surface area contributed by atoms with E-state index in [1.54, 1.807) is 0 Å². The molecule has 0 atom stereocenters. The first-order valence-corrected chi connectivity index (χ1v) is 8.76. The standard InChI is InChI=1S/C13H18BrFN2O2S.ClH/c1-13(4-6-16-7-5-13)9-17-20(18,19)12-8-10(15)2-3-11(12)14;/h2-3,8,16-17H,4-7,9H2,1H3;1H. The number of hydrogen-bond acceptors (Lipinski definition) is 3. The molecule has 1 heterocycles. The minimum atomic E-state index is -3.71. The van der Waals surface area contributed by atoms with Gasteiger partial charge in [0.1, 0.15) is 5.82 Å². The molecule has 1 aromatic carbocycles. The number of rotatable bonds is 4. The zero-order valence-corrected chi connectivity index (χ0v) is 14.9. The van der Waals surface area contributed by atoms with Gasteiger partial charge in [-0.05, 0) is 65.5 Å². The molecule has 2 N–H and O–H groups in total. The van der Waals surface area contributed by atoms with Crippen LogP contribution in [0.1, 0.15) is 19.8 Å². The first-order valence-electron chi connectivity index (χ1n) is 6.48. The smallest absolute Gasteiger partial charge is 0.241 e. The van der Waals surface area contributed by atoms with E-state index in [0.717, 1.165) is 32.0 Å². The summed E-state index contributed by atoms with van der Waals surface area (Å²) in [5, 5.41) is 3.25. The highest BCUT2D eigenvalue weighted by molar-refractivity contribution is 9.10. The molecule has 0 saturated carbocycles. The van der Waals surface area contributed by atoms with Gasteiger partial charge in [-0.2, -0.15) is 0 Å². The Morgan fingerprint density at radius 1 is 1.38 bits per heavy atom. The Balaban J connectivity index is 0.00000220. The van der Waals surface area contributed by atoms with Gasteiger partial charge in [-0.15, -0.1) is 12.4 Å². The van der Waals surface area contributed by atoms with E-state index in [2.05, 4.69) is 32.9 Å². The lowest BCUT2D eigenvalue weighted by molar-refractivity contribution is 0.232. The molecule has 1 aliphatic heterocycles. The number of hydrogen-bond donors (Lipinski definition) is 2. The van der Waals surface area contributed by atoms with Crippen molar-refractivity contribution in [3.63, 3.8) is 0 Å². The summed E-state index contributed by atoms with van der Waals surface area (Å²) in [7, 11) is -3.71. The number of halogens is 3. The minimum absolute atomic E-state index is 0. The second kappa shape index (κ2) is 7.37. The van der Waals surface area contributed by atoms with Crippen LogP contribution in [-0.2, 0) is 10.0 Å². The molecule has 21 heavy (non-hydrogen) atoms. The number of nitrogens with one attached hydrogen (secondary N) is 2. The lowest BCUT2D eigenvalue weighted by Crippen LogP contribution is -2.42. The van der Waals surface area contributed by atoms with Crippen molar-refractivity contribution in [2.45, 2.75) is 24.7 Å². The van der Waals surface area contributed by atoms with Crippen LogP contribution in [0.15, 0.2) is 27.6 Å². The van der Waals surface area contributed by atoms with Gasteiger partial charge in [0.15, 0.2) is 0 Å². The largest absolute Gasteiger partial charge is 0.317 e. The molecule has 120 valence electrons. The fourth-order valence-corrected chi connectivity index (χ4v) is 4.41. The van der Waals surface area contributed by atoms with Gasteiger partial charge >= 0.3 is 0 Å². The van der Waals surface area contributed by atoms with E-state index in [0.29, 0.717) is 11.0 Å². The molecule has 8 heteroatoms. The molecule has 0 spiro atoms. The highest BCUT2D eigenvalue weighted by atomic mass is 79.9. The van der Waals surface area contributed by atoms with E-state index >= 15 is 0 Å². The van der Waals surface area contributed by atoms with Gasteiger partial charge in [-0.25, -0.2) is 17.5 Å². The number of benzene rings is 1. The van der Waals surface area contributed by atoms with Gasteiger partial charge in [-0.3, -0.25) is 0 Å². The van der Waals surface area contributed by atoms with E-state index in [1.165, 1.54) is 12.1 Å². The van der Waals surface area contributed by atoms with Gasteiger partial charge in [0.2, 0.25) is 10.0 Å². The molecule has 2 rings (SSSR count). The normalized spacial score (nSPS) is 18.0. The van der Waals surface area contributed by atoms with Crippen molar-refractivity contribution in [2.75, 3.05) is 19.6 Å². The van der Waals surface area contributed by atoms with Gasteiger partial charge in [0.25, 0.3) is 0 Å². The first kappa shape index (κ1) is 18.8. The van der Waals surface area contributed by atoms with Crippen LogP contribution < -0.4 is 10.0 Å². The van der Waals surface area contributed by atoms with Gasteiger partial charge in [-0.1, -0.05) is 6.92 Å². The quantitative estimate of drug-likeness (QED) is 0.815. The molecule has 0 bridgehead atoms. The highest BCUT2D eigenvalue weighted by Crippen LogP contribution is 2.28. The Morgan fingerprint density at radius 3 is 2.62 bits per heavy atom. The van der Waals surface area contributed by atoms with E-state index in [4.69, 9.17) is 0 Å². The predicted octanol–water partition coefficient (Wildman–Crippen LogP) is 2.68. The van der Waals surface area contributed by atoms with E-state index in [9.17, 15) is 12.8 Å². The zero-order chi connectivity index (χ0) is 14.8. The summed E-state index contributed by atoms with van der Waals surface area (Å²) in [5.74, 6) is -0.568. The molecule has 0 radical (unpaired) electrons. The average Bonchev–Trinajstić information content (AvgIpc) is 2.40. The van der Waals surface area contributed by atoms with Crippen LogP contribution in [0.2, 0.25) is 0 Å². The molecule has 1 saturated heterocycles. The molecule has 0 amide bonds. The van der Waals surface area contributed by atoms with E-state index in [1.807, 2.05) is 0 Å². The Labute approximate surface area is 139 Å². The molecule has 0 aromatic heterocycles. The van der Waals surface area contributed by atoms with Crippen LogP contribution in [-0.4, -0.2) is 28.1 Å². The SMILES string of the molecule is CC1(CNS(=O)(=O)c2cc(F)ccc2Br)CCNCC1.Cl. The fraction of sp³-hybridized carbons (Fsp3) is 0.538. The second-order valence-electron chi connectivity index (χ2n) is 5.46. The third-order valence-corrected chi connectivity index (χ3v) is 6.08. The molecular formula is C13H19BrClFN2O2S. The van der Waals surface area contributed by atoms with Crippen LogP contribution in [0.4, 0.5) is 4.39 Å². The monoisotopic (exact) mass is 400 g/mol. The van der Waals surface area contributed by atoms with Crippen molar-refractivity contribution in [3.05, 3.63) is 28.5 Å². The molecule has 4 nitrogen and oxygen atoms in total. The molecule has 1 aromatic rings. The predicted molar refractivity (Wildman–Crippen MR) is 86.7 cm³/mol. The molecule has 0 unspecified atom stereocenters. The van der Waals surface area contributed by atoms with Gasteiger partial charge < -0.3 is 5.32 Å². The Kier molecular flexibility index (Phi) is 6.61. The third kappa shape index (κ3) is 4.89. The summed E-state index contributed by atoms with van der Waals surface area (Å²) in [6, 6.07) is 3.64. The van der Waals surface area contributed by atoms with Gasteiger partial charge in [0, 0.05) is 11.0 Å². The minimum Gasteiger partial charge on any atom is -0.317 e. The van der Waals surface area contributed by atoms with Crippen LogP contribution in [0.5, 0.6) is 0 Å². The Bertz CT molecular complexity index is 592. The summed E-state index contributed by atoms with van der Waals surface area (Å²) in [6.45, 7) is 4.21. The summed E-state index contributed by atoms with van der Waals surface area (Å²) in [4.78, 5) is -0.0602. The maximum absolute atomic E-state index is 13.2. The van der Waals surface area contributed by atoms with Crippen molar-refractivity contribution >= 4 is 38.4 Å². The summed E-state index contributed by atoms with van der Waals surface area (Å²) < 4.78 is 40.7. The first-order chi connectivity index (χ1) is 9.32. The average molecular weight is 402 g/mol. The van der Waals surface area contributed by atoms with Crippen molar-refractivity contribution < 1.29 is 12.8 Å². The highest BCUT2D eigenvalue weighted by Gasteiger charge is 2.29. The third-order valence-electron chi connectivity index (χ3n) is 3.68. The topological polar surface area (TPSA) is 58.2 Å².